The smallest absolute Gasteiger partial charge is 0.326 e. The van der Waals surface area contributed by atoms with Gasteiger partial charge in [0.2, 0.25) is 0 Å². The van der Waals surface area contributed by atoms with E-state index >= 15 is 0 Å². The highest BCUT2D eigenvalue weighted by molar-refractivity contribution is 7.16. The van der Waals surface area contributed by atoms with Crippen LogP contribution in [0, 0.1) is 0 Å². The first-order chi connectivity index (χ1) is 11.6. The van der Waals surface area contributed by atoms with Crippen LogP contribution in [0.2, 0.25) is 5.02 Å². The van der Waals surface area contributed by atoms with Crippen LogP contribution in [0.1, 0.15) is 6.92 Å². The van der Waals surface area contributed by atoms with Gasteiger partial charge in [0.05, 0.1) is 21.8 Å². The summed E-state index contributed by atoms with van der Waals surface area (Å²) in [6, 6.07) is 12.6. The number of carbonyl (C=O) groups is 1. The van der Waals surface area contributed by atoms with Crippen LogP contribution >= 0.6 is 22.9 Å². The zero-order chi connectivity index (χ0) is 17.1. The van der Waals surface area contributed by atoms with Crippen molar-refractivity contribution in [2.75, 3.05) is 6.61 Å². The minimum atomic E-state index is -0.458. The predicted octanol–water partition coefficient (Wildman–Crippen LogP) is 4.07. The van der Waals surface area contributed by atoms with Gasteiger partial charge < -0.3 is 9.47 Å². The SMILES string of the molecule is CCOC(=O)Cn1c(=O)sc2cc(Oc3ccccc3)c(Cl)cc21. The Morgan fingerprint density at radius 3 is 2.71 bits per heavy atom. The molecule has 3 aromatic rings. The van der Waals surface area contributed by atoms with Crippen LogP contribution in [0.5, 0.6) is 11.5 Å². The molecule has 0 saturated heterocycles. The molecule has 2 aromatic carbocycles. The van der Waals surface area contributed by atoms with Crippen molar-refractivity contribution in [2.45, 2.75) is 13.5 Å². The number of para-hydroxylation sites is 1. The molecule has 0 aliphatic carbocycles. The van der Waals surface area contributed by atoms with Crippen molar-refractivity contribution in [1.82, 2.24) is 4.57 Å². The maximum atomic E-state index is 12.1. The van der Waals surface area contributed by atoms with Gasteiger partial charge in [-0.2, -0.15) is 0 Å². The second-order valence-corrected chi connectivity index (χ2v) is 6.32. The summed E-state index contributed by atoms with van der Waals surface area (Å²) in [5, 5.41) is 0.363. The minimum absolute atomic E-state index is 0.137. The number of benzene rings is 2. The molecule has 0 aliphatic rings. The number of ether oxygens (including phenoxy) is 2. The third kappa shape index (κ3) is 3.44. The van der Waals surface area contributed by atoms with Crippen LogP contribution in [0.15, 0.2) is 47.3 Å². The van der Waals surface area contributed by atoms with Crippen molar-refractivity contribution in [2.24, 2.45) is 0 Å². The highest BCUT2D eigenvalue weighted by Crippen LogP contribution is 2.34. The van der Waals surface area contributed by atoms with Gasteiger partial charge in [-0.1, -0.05) is 41.1 Å². The largest absolute Gasteiger partial charge is 0.465 e. The Morgan fingerprint density at radius 2 is 2.00 bits per heavy atom. The van der Waals surface area contributed by atoms with Crippen molar-refractivity contribution >= 4 is 39.1 Å². The minimum Gasteiger partial charge on any atom is -0.465 e. The molecule has 24 heavy (non-hydrogen) atoms. The molecular weight excluding hydrogens is 350 g/mol. The van der Waals surface area contributed by atoms with E-state index in [2.05, 4.69) is 0 Å². The summed E-state index contributed by atoms with van der Waals surface area (Å²) in [6.07, 6.45) is 0. The van der Waals surface area contributed by atoms with Gasteiger partial charge >= 0.3 is 10.8 Å². The van der Waals surface area contributed by atoms with Gasteiger partial charge in [-0.05, 0) is 25.1 Å². The van der Waals surface area contributed by atoms with Gasteiger partial charge in [0, 0.05) is 6.07 Å². The van der Waals surface area contributed by atoms with E-state index in [1.165, 1.54) is 4.57 Å². The highest BCUT2D eigenvalue weighted by atomic mass is 35.5. The van der Waals surface area contributed by atoms with Gasteiger partial charge in [-0.15, -0.1) is 0 Å². The van der Waals surface area contributed by atoms with Crippen molar-refractivity contribution < 1.29 is 14.3 Å². The summed E-state index contributed by atoms with van der Waals surface area (Å²) in [4.78, 5) is 23.6. The van der Waals surface area contributed by atoms with Gasteiger partial charge in [-0.25, -0.2) is 0 Å². The Hall–Kier alpha value is -2.31. The van der Waals surface area contributed by atoms with Crippen LogP contribution in [-0.2, 0) is 16.1 Å². The van der Waals surface area contributed by atoms with Gasteiger partial charge in [0.1, 0.15) is 18.0 Å². The molecule has 0 bridgehead atoms. The molecule has 124 valence electrons. The lowest BCUT2D eigenvalue weighted by Gasteiger charge is -2.08. The lowest BCUT2D eigenvalue weighted by Crippen LogP contribution is -2.20. The summed E-state index contributed by atoms with van der Waals surface area (Å²) in [5.41, 5.74) is 0.587. The maximum absolute atomic E-state index is 12.1. The molecule has 3 rings (SSSR count). The van der Waals surface area contributed by atoms with E-state index < -0.39 is 5.97 Å². The molecule has 0 saturated carbocycles. The number of esters is 1. The number of fused-ring (bicyclic) bond motifs is 1. The van der Waals surface area contributed by atoms with Crippen molar-refractivity contribution in [3.8, 4) is 11.5 Å². The number of thiazole rings is 1. The third-order valence-corrected chi connectivity index (χ3v) is 4.52. The summed E-state index contributed by atoms with van der Waals surface area (Å²) >= 11 is 7.31. The highest BCUT2D eigenvalue weighted by Gasteiger charge is 2.15. The fourth-order valence-corrected chi connectivity index (χ4v) is 3.34. The van der Waals surface area contributed by atoms with Gasteiger partial charge in [-0.3, -0.25) is 14.2 Å². The first kappa shape index (κ1) is 16.5. The molecule has 5 nitrogen and oxygen atoms in total. The molecular formula is C17H14ClNO4S. The van der Waals surface area contributed by atoms with Gasteiger partial charge in [0.15, 0.2) is 0 Å². The molecule has 0 spiro atoms. The molecule has 0 fully saturated rings. The average Bonchev–Trinajstić information content (AvgIpc) is 2.84. The van der Waals surface area contributed by atoms with Crippen LogP contribution in [0.4, 0.5) is 0 Å². The van der Waals surface area contributed by atoms with Crippen LogP contribution in [0.25, 0.3) is 10.2 Å². The molecule has 0 aliphatic heterocycles. The number of hydrogen-bond acceptors (Lipinski definition) is 5. The summed E-state index contributed by atoms with van der Waals surface area (Å²) < 4.78 is 12.7. The molecule has 0 amide bonds. The van der Waals surface area contributed by atoms with Crippen molar-refractivity contribution in [3.05, 3.63) is 57.2 Å². The predicted molar refractivity (Wildman–Crippen MR) is 94.2 cm³/mol. The number of rotatable bonds is 5. The quantitative estimate of drug-likeness (QED) is 0.641. The summed E-state index contributed by atoms with van der Waals surface area (Å²) in [7, 11) is 0. The average molecular weight is 364 g/mol. The van der Waals surface area contributed by atoms with Crippen LogP contribution in [-0.4, -0.2) is 17.1 Å². The Balaban J connectivity index is 1.97. The van der Waals surface area contributed by atoms with E-state index in [0.29, 0.717) is 26.7 Å². The van der Waals surface area contributed by atoms with Crippen molar-refractivity contribution in [1.29, 1.82) is 0 Å². The van der Waals surface area contributed by atoms with Gasteiger partial charge in [0.25, 0.3) is 0 Å². The fraction of sp³-hybridized carbons (Fsp3) is 0.176. The van der Waals surface area contributed by atoms with E-state index in [4.69, 9.17) is 21.1 Å². The first-order valence-corrected chi connectivity index (χ1v) is 8.49. The lowest BCUT2D eigenvalue weighted by atomic mass is 10.3. The third-order valence-electron chi connectivity index (χ3n) is 3.29. The van der Waals surface area contributed by atoms with E-state index in [0.717, 1.165) is 11.3 Å². The normalized spacial score (nSPS) is 10.8. The summed E-state index contributed by atoms with van der Waals surface area (Å²) in [6.45, 7) is 1.85. The van der Waals surface area contributed by atoms with E-state index in [9.17, 15) is 9.59 Å². The second kappa shape index (κ2) is 7.07. The molecule has 0 N–H and O–H groups in total. The number of carbonyl (C=O) groups excluding carboxylic acids is 1. The standard InChI is InChI=1S/C17H14ClNO4S/c1-2-22-16(20)10-19-13-8-12(18)14(9-15(13)24-17(19)21)23-11-6-4-3-5-7-11/h3-9H,2,10H2,1H3. The van der Waals surface area contributed by atoms with Crippen LogP contribution < -0.4 is 9.61 Å². The number of nitrogens with zero attached hydrogens (tertiary/aromatic N) is 1. The Labute approximate surface area is 147 Å². The second-order valence-electron chi connectivity index (χ2n) is 4.92. The Bertz CT molecular complexity index is 933. The maximum Gasteiger partial charge on any atom is 0.326 e. The molecule has 7 heteroatoms. The number of hydrogen-bond donors (Lipinski definition) is 0. The number of halogens is 1. The zero-order valence-corrected chi connectivity index (χ0v) is 14.4. The summed E-state index contributed by atoms with van der Waals surface area (Å²) in [5.74, 6) is 0.650. The molecule has 1 aromatic heterocycles. The molecule has 0 atom stereocenters. The first-order valence-electron chi connectivity index (χ1n) is 7.30. The van der Waals surface area contributed by atoms with E-state index in [1.807, 2.05) is 30.3 Å². The monoisotopic (exact) mass is 363 g/mol. The molecule has 0 radical (unpaired) electrons. The topological polar surface area (TPSA) is 57.5 Å². The van der Waals surface area contributed by atoms with Crippen molar-refractivity contribution in [3.63, 3.8) is 0 Å². The zero-order valence-electron chi connectivity index (χ0n) is 12.8. The van der Waals surface area contributed by atoms with E-state index in [1.54, 1.807) is 19.1 Å². The Kier molecular flexibility index (Phi) is 4.87. The number of aromatic nitrogens is 1. The fourth-order valence-electron chi connectivity index (χ4n) is 2.24. The molecule has 1 heterocycles. The van der Waals surface area contributed by atoms with E-state index in [-0.39, 0.29) is 18.0 Å². The lowest BCUT2D eigenvalue weighted by molar-refractivity contribution is -0.143. The molecule has 0 unspecified atom stereocenters. The van der Waals surface area contributed by atoms with Crippen LogP contribution in [0.3, 0.4) is 0 Å². The Morgan fingerprint density at radius 1 is 1.25 bits per heavy atom.